The van der Waals surface area contributed by atoms with Crippen molar-refractivity contribution in [3.05, 3.63) is 60.4 Å². The molecule has 3 nitrogen and oxygen atoms in total. The van der Waals surface area contributed by atoms with Gasteiger partial charge in [0, 0.05) is 12.7 Å². The molecule has 17 heavy (non-hydrogen) atoms. The van der Waals surface area contributed by atoms with E-state index in [4.69, 9.17) is 5.73 Å². The van der Waals surface area contributed by atoms with Gasteiger partial charge in [0.05, 0.1) is 11.4 Å². The summed E-state index contributed by atoms with van der Waals surface area (Å²) in [6.45, 7) is 0.473. The number of fused-ring (bicyclic) bond motifs is 1. The molecular formula is C14H13N3. The highest BCUT2D eigenvalue weighted by atomic mass is 15.3. The quantitative estimate of drug-likeness (QED) is 0.725. The van der Waals surface area contributed by atoms with Crippen molar-refractivity contribution in [2.75, 3.05) is 0 Å². The van der Waals surface area contributed by atoms with Crippen molar-refractivity contribution in [3.8, 4) is 5.69 Å². The minimum Gasteiger partial charge on any atom is -0.325 e. The van der Waals surface area contributed by atoms with E-state index in [2.05, 4.69) is 35.4 Å². The summed E-state index contributed by atoms with van der Waals surface area (Å²) in [5.41, 5.74) is 7.52. The molecule has 0 unspecified atom stereocenters. The lowest BCUT2D eigenvalue weighted by Gasteiger charge is -2.03. The zero-order valence-corrected chi connectivity index (χ0v) is 9.38. The Bertz CT molecular complexity index is 655. The molecule has 0 atom stereocenters. The molecule has 3 aromatic rings. The summed E-state index contributed by atoms with van der Waals surface area (Å²) in [7, 11) is 0. The molecule has 0 saturated carbocycles. The Morgan fingerprint density at radius 3 is 2.59 bits per heavy atom. The first kappa shape index (κ1) is 10.1. The topological polar surface area (TPSA) is 43.8 Å². The molecule has 1 aromatic heterocycles. The number of hydrogen-bond donors (Lipinski definition) is 1. The van der Waals surface area contributed by atoms with Gasteiger partial charge in [0.15, 0.2) is 0 Å². The van der Waals surface area contributed by atoms with Crippen LogP contribution in [0.4, 0.5) is 0 Å². The number of hydrogen-bond acceptors (Lipinski definition) is 2. The lowest BCUT2D eigenvalue weighted by Crippen LogP contribution is -2.00. The van der Waals surface area contributed by atoms with Crippen LogP contribution in [-0.2, 0) is 6.54 Å². The fourth-order valence-corrected chi connectivity index (χ4v) is 1.93. The fraction of sp³-hybridized carbons (Fsp3) is 0.0714. The predicted octanol–water partition coefficient (Wildman–Crippen LogP) is 2.48. The molecule has 0 amide bonds. The highest BCUT2D eigenvalue weighted by Gasteiger charge is 2.00. The third-order valence-electron chi connectivity index (χ3n) is 2.85. The van der Waals surface area contributed by atoms with Crippen molar-refractivity contribution in [3.63, 3.8) is 0 Å². The van der Waals surface area contributed by atoms with Crippen molar-refractivity contribution >= 4 is 10.8 Å². The van der Waals surface area contributed by atoms with Gasteiger partial charge in [-0.3, -0.25) is 0 Å². The summed E-state index contributed by atoms with van der Waals surface area (Å²) in [4.78, 5) is 0. The second-order valence-electron chi connectivity index (χ2n) is 3.99. The van der Waals surface area contributed by atoms with Crippen LogP contribution in [0.15, 0.2) is 54.7 Å². The normalized spacial score (nSPS) is 10.9. The van der Waals surface area contributed by atoms with Crippen molar-refractivity contribution in [1.29, 1.82) is 0 Å². The maximum Gasteiger partial charge on any atom is 0.0764 e. The van der Waals surface area contributed by atoms with Crippen LogP contribution in [0.5, 0.6) is 0 Å². The number of benzene rings is 2. The van der Waals surface area contributed by atoms with Crippen LogP contribution in [0, 0.1) is 0 Å². The predicted molar refractivity (Wildman–Crippen MR) is 69.0 cm³/mol. The molecule has 0 aliphatic carbocycles. The average molecular weight is 223 g/mol. The molecule has 1 heterocycles. The standard InChI is InChI=1S/C14H13N3/c15-10-13-7-8-17(16-13)14-6-5-11-3-1-2-4-12(11)9-14/h1-9H,10,15H2. The van der Waals surface area contributed by atoms with Gasteiger partial charge in [-0.25, -0.2) is 4.68 Å². The van der Waals surface area contributed by atoms with Crippen LogP contribution in [0.3, 0.4) is 0 Å². The van der Waals surface area contributed by atoms with E-state index >= 15 is 0 Å². The van der Waals surface area contributed by atoms with Gasteiger partial charge in [-0.2, -0.15) is 5.10 Å². The smallest absolute Gasteiger partial charge is 0.0764 e. The first-order chi connectivity index (χ1) is 8.36. The van der Waals surface area contributed by atoms with Crippen LogP contribution in [0.1, 0.15) is 5.69 Å². The second-order valence-corrected chi connectivity index (χ2v) is 3.99. The van der Waals surface area contributed by atoms with E-state index in [1.807, 2.05) is 29.1 Å². The molecule has 2 aromatic carbocycles. The van der Waals surface area contributed by atoms with Crippen LogP contribution in [0.25, 0.3) is 16.5 Å². The summed E-state index contributed by atoms with van der Waals surface area (Å²) in [6.07, 6.45) is 1.94. The molecule has 84 valence electrons. The largest absolute Gasteiger partial charge is 0.325 e. The first-order valence-electron chi connectivity index (χ1n) is 5.60. The van der Waals surface area contributed by atoms with Gasteiger partial charge in [0.25, 0.3) is 0 Å². The Morgan fingerprint density at radius 2 is 1.82 bits per heavy atom. The van der Waals surface area contributed by atoms with E-state index in [9.17, 15) is 0 Å². The third kappa shape index (κ3) is 1.81. The molecule has 0 aliphatic rings. The van der Waals surface area contributed by atoms with Crippen LogP contribution in [0.2, 0.25) is 0 Å². The van der Waals surface area contributed by atoms with E-state index in [1.165, 1.54) is 10.8 Å². The van der Waals surface area contributed by atoms with Gasteiger partial charge in [0.2, 0.25) is 0 Å². The molecule has 0 saturated heterocycles. The van der Waals surface area contributed by atoms with Gasteiger partial charge in [0.1, 0.15) is 0 Å². The fourth-order valence-electron chi connectivity index (χ4n) is 1.93. The molecule has 0 bridgehead atoms. The summed E-state index contributed by atoms with van der Waals surface area (Å²) < 4.78 is 1.86. The van der Waals surface area contributed by atoms with E-state index in [1.54, 1.807) is 0 Å². The van der Waals surface area contributed by atoms with Crippen molar-refractivity contribution in [2.45, 2.75) is 6.54 Å². The van der Waals surface area contributed by atoms with Crippen molar-refractivity contribution in [2.24, 2.45) is 5.73 Å². The van der Waals surface area contributed by atoms with Crippen molar-refractivity contribution in [1.82, 2.24) is 9.78 Å². The maximum atomic E-state index is 5.56. The Kier molecular flexibility index (Phi) is 2.38. The Labute approximate surface area is 99.5 Å². The van der Waals surface area contributed by atoms with E-state index in [0.29, 0.717) is 6.54 Å². The SMILES string of the molecule is NCc1ccn(-c2ccc3ccccc3c2)n1. The molecule has 0 aliphatic heterocycles. The summed E-state index contributed by atoms with van der Waals surface area (Å²) in [5, 5.41) is 6.85. The number of nitrogens with zero attached hydrogens (tertiary/aromatic N) is 2. The number of nitrogens with two attached hydrogens (primary N) is 1. The summed E-state index contributed by atoms with van der Waals surface area (Å²) >= 11 is 0. The highest BCUT2D eigenvalue weighted by molar-refractivity contribution is 5.84. The Hall–Kier alpha value is -2.13. The number of aromatic nitrogens is 2. The molecule has 2 N–H and O–H groups in total. The molecule has 0 fully saturated rings. The van der Waals surface area contributed by atoms with E-state index < -0.39 is 0 Å². The minimum atomic E-state index is 0.473. The lowest BCUT2D eigenvalue weighted by molar-refractivity contribution is 0.834. The van der Waals surface area contributed by atoms with Gasteiger partial charge in [-0.15, -0.1) is 0 Å². The summed E-state index contributed by atoms with van der Waals surface area (Å²) in [5.74, 6) is 0. The Balaban J connectivity index is 2.11. The average Bonchev–Trinajstić information content (AvgIpc) is 2.87. The highest BCUT2D eigenvalue weighted by Crippen LogP contribution is 2.18. The monoisotopic (exact) mass is 223 g/mol. The van der Waals surface area contributed by atoms with Gasteiger partial charge in [-0.05, 0) is 29.0 Å². The summed E-state index contributed by atoms with van der Waals surface area (Å²) in [6, 6.07) is 16.5. The van der Waals surface area contributed by atoms with Crippen LogP contribution >= 0.6 is 0 Å². The lowest BCUT2D eigenvalue weighted by atomic mass is 10.1. The Morgan fingerprint density at radius 1 is 1.00 bits per heavy atom. The second kappa shape index (κ2) is 4.03. The van der Waals surface area contributed by atoms with Gasteiger partial charge < -0.3 is 5.73 Å². The third-order valence-corrected chi connectivity index (χ3v) is 2.85. The zero-order chi connectivity index (χ0) is 11.7. The molecular weight excluding hydrogens is 210 g/mol. The van der Waals surface area contributed by atoms with Gasteiger partial charge in [-0.1, -0.05) is 30.3 Å². The van der Waals surface area contributed by atoms with Crippen LogP contribution in [-0.4, -0.2) is 9.78 Å². The molecule has 3 rings (SSSR count). The maximum absolute atomic E-state index is 5.56. The minimum absolute atomic E-state index is 0.473. The van der Waals surface area contributed by atoms with Crippen molar-refractivity contribution < 1.29 is 0 Å². The van der Waals surface area contributed by atoms with Gasteiger partial charge >= 0.3 is 0 Å². The molecule has 3 heteroatoms. The first-order valence-corrected chi connectivity index (χ1v) is 5.60. The van der Waals surface area contributed by atoms with E-state index in [-0.39, 0.29) is 0 Å². The number of rotatable bonds is 2. The van der Waals surface area contributed by atoms with Crippen LogP contribution < -0.4 is 5.73 Å². The zero-order valence-electron chi connectivity index (χ0n) is 9.38. The molecule has 0 spiro atoms. The van der Waals surface area contributed by atoms with E-state index in [0.717, 1.165) is 11.4 Å². The molecule has 0 radical (unpaired) electrons.